The van der Waals surface area contributed by atoms with E-state index in [-0.39, 0.29) is 41.1 Å². The van der Waals surface area contributed by atoms with Gasteiger partial charge in [-0.1, -0.05) is 51.0 Å². The van der Waals surface area contributed by atoms with Gasteiger partial charge in [-0.2, -0.15) is 0 Å². The number of carbonyl (C=O) groups is 3. The standard InChI is InChI=1S/C40H51N5O4/c1-6-20-45(36(47)32-14-12-27-10-8-9-11-31(27)41-32)26-35(46)44-23-21-43(22-24-44)33-25-38(3)29-16-18-39(4)30(17-19-40(39,49)7-2)28(29)13-15-34(38)42(5)37(33)48/h2,8-12,14,25,28-30,34,49H,6,13,15-24,26H2,1,3-5H3/t28-,29?,30?,34?,38-,39+,40+/m1/s1. The molecule has 9 heteroatoms. The number of nitrogens with zero attached hydrogens (tertiary/aromatic N) is 5. The number of pyridine rings is 1. The highest BCUT2D eigenvalue weighted by atomic mass is 16.3. The molecule has 260 valence electrons. The van der Waals surface area contributed by atoms with E-state index in [9.17, 15) is 19.5 Å². The van der Waals surface area contributed by atoms with Crippen LogP contribution < -0.4 is 0 Å². The molecule has 3 saturated carbocycles. The number of hydrogen-bond acceptors (Lipinski definition) is 6. The fourth-order valence-electron chi connectivity index (χ4n) is 10.7. The van der Waals surface area contributed by atoms with Crippen LogP contribution in [0, 0.1) is 40.9 Å². The minimum Gasteiger partial charge on any atom is -0.377 e. The largest absolute Gasteiger partial charge is 0.377 e. The molecule has 0 radical (unpaired) electrons. The Balaban J connectivity index is 1.04. The topological polar surface area (TPSA) is 97.3 Å². The first-order valence-corrected chi connectivity index (χ1v) is 18.3. The van der Waals surface area contributed by atoms with E-state index >= 15 is 0 Å². The molecule has 7 atom stereocenters. The van der Waals surface area contributed by atoms with E-state index in [0.717, 1.165) is 55.1 Å². The van der Waals surface area contributed by atoms with Crippen LogP contribution in [0.4, 0.5) is 0 Å². The second kappa shape index (κ2) is 12.5. The van der Waals surface area contributed by atoms with Crippen molar-refractivity contribution in [3.8, 4) is 12.3 Å². The normalized spacial score (nSPS) is 34.1. The first-order chi connectivity index (χ1) is 23.4. The predicted octanol–water partition coefficient (Wildman–Crippen LogP) is 4.56. The molecular formula is C40H51N5O4. The molecular weight excluding hydrogens is 614 g/mol. The summed E-state index contributed by atoms with van der Waals surface area (Å²) in [5, 5.41) is 12.4. The van der Waals surface area contributed by atoms with Crippen LogP contribution in [0.3, 0.4) is 0 Å². The molecule has 1 saturated heterocycles. The molecule has 0 spiro atoms. The summed E-state index contributed by atoms with van der Waals surface area (Å²) >= 11 is 0. The fourth-order valence-corrected chi connectivity index (χ4v) is 10.7. The summed E-state index contributed by atoms with van der Waals surface area (Å²) in [6, 6.07) is 11.5. The quantitative estimate of drug-likeness (QED) is 0.455. The lowest BCUT2D eigenvalue weighted by Crippen LogP contribution is -2.63. The SMILES string of the molecule is C#C[C@]1(O)CCC2[C@@H]3CCC4N(C)C(=O)C(N5CCN(C(=O)CN(CCC)C(=O)c6ccc7ccccc7n6)CC5)=C[C@]4(C)C3CC[C@@]21C. The number of rotatable bonds is 6. The van der Waals surface area contributed by atoms with Gasteiger partial charge in [-0.25, -0.2) is 4.98 Å². The van der Waals surface area contributed by atoms with E-state index in [4.69, 9.17) is 6.42 Å². The van der Waals surface area contributed by atoms with Crippen molar-refractivity contribution in [3.05, 3.63) is 53.9 Å². The second-order valence-corrected chi connectivity index (χ2v) is 15.8. The number of benzene rings is 1. The Kier molecular flexibility index (Phi) is 8.54. The summed E-state index contributed by atoms with van der Waals surface area (Å²) < 4.78 is 0. The number of aromatic nitrogens is 1. The molecule has 2 aliphatic heterocycles. The molecule has 7 rings (SSSR count). The fraction of sp³-hybridized carbons (Fsp3) is 0.600. The number of amides is 3. The maximum Gasteiger partial charge on any atom is 0.272 e. The first-order valence-electron chi connectivity index (χ1n) is 18.3. The summed E-state index contributed by atoms with van der Waals surface area (Å²) in [6.45, 7) is 9.16. The van der Waals surface area contributed by atoms with Crippen molar-refractivity contribution < 1.29 is 19.5 Å². The highest BCUT2D eigenvalue weighted by Gasteiger charge is 2.65. The number of likely N-dealkylation sites (N-methyl/N-ethyl adjacent to an activating group) is 1. The molecule has 1 N–H and O–H groups in total. The van der Waals surface area contributed by atoms with Crippen LogP contribution in [0.2, 0.25) is 0 Å². The zero-order chi connectivity index (χ0) is 34.7. The Bertz CT molecular complexity index is 1730. The molecule has 3 heterocycles. The van der Waals surface area contributed by atoms with Gasteiger partial charge < -0.3 is 24.7 Å². The van der Waals surface area contributed by atoms with E-state index < -0.39 is 5.60 Å². The van der Waals surface area contributed by atoms with E-state index in [2.05, 4.69) is 35.7 Å². The third-order valence-electron chi connectivity index (χ3n) is 13.5. The van der Waals surface area contributed by atoms with E-state index in [1.807, 2.05) is 54.1 Å². The predicted molar refractivity (Wildman–Crippen MR) is 189 cm³/mol. The summed E-state index contributed by atoms with van der Waals surface area (Å²) in [7, 11) is 1.96. The molecule has 1 aromatic heterocycles. The number of aliphatic hydroxyl groups is 1. The van der Waals surface area contributed by atoms with E-state index in [1.165, 1.54) is 0 Å². The van der Waals surface area contributed by atoms with Gasteiger partial charge in [0.2, 0.25) is 5.91 Å². The average Bonchev–Trinajstić information content (AvgIpc) is 3.39. The van der Waals surface area contributed by atoms with Gasteiger partial charge in [0, 0.05) is 62.0 Å². The van der Waals surface area contributed by atoms with Crippen molar-refractivity contribution in [2.45, 2.75) is 77.4 Å². The third kappa shape index (κ3) is 5.33. The van der Waals surface area contributed by atoms with Crippen LogP contribution in [0.25, 0.3) is 10.9 Å². The lowest BCUT2D eigenvalue weighted by Gasteiger charge is -2.61. The van der Waals surface area contributed by atoms with Gasteiger partial charge in [0.25, 0.3) is 11.8 Å². The smallest absolute Gasteiger partial charge is 0.272 e. The van der Waals surface area contributed by atoms with E-state index in [1.54, 1.807) is 11.0 Å². The minimum atomic E-state index is -1.04. The molecule has 3 amide bonds. The summed E-state index contributed by atoms with van der Waals surface area (Å²) in [6.07, 6.45) is 14.5. The Hall–Kier alpha value is -3.90. The minimum absolute atomic E-state index is 0.00323. The number of para-hydroxylation sites is 1. The van der Waals surface area contributed by atoms with Crippen LogP contribution in [-0.2, 0) is 9.59 Å². The number of piperazine rings is 1. The van der Waals surface area contributed by atoms with Crippen molar-refractivity contribution in [1.82, 2.24) is 24.6 Å². The summed E-state index contributed by atoms with van der Waals surface area (Å²) in [5.41, 5.74) is 0.372. The summed E-state index contributed by atoms with van der Waals surface area (Å²) in [4.78, 5) is 53.2. The maximum absolute atomic E-state index is 13.9. The second-order valence-electron chi connectivity index (χ2n) is 15.8. The molecule has 3 unspecified atom stereocenters. The molecule has 5 aliphatic rings. The highest BCUT2D eigenvalue weighted by Crippen LogP contribution is 2.66. The zero-order valence-corrected chi connectivity index (χ0v) is 29.5. The molecule has 49 heavy (non-hydrogen) atoms. The lowest BCUT2D eigenvalue weighted by molar-refractivity contribution is -0.147. The van der Waals surface area contributed by atoms with Crippen LogP contribution in [0.5, 0.6) is 0 Å². The van der Waals surface area contributed by atoms with Crippen molar-refractivity contribution in [3.63, 3.8) is 0 Å². The molecule has 2 aromatic rings. The van der Waals surface area contributed by atoms with Gasteiger partial charge >= 0.3 is 0 Å². The monoisotopic (exact) mass is 665 g/mol. The maximum atomic E-state index is 13.9. The van der Waals surface area contributed by atoms with Crippen molar-refractivity contribution >= 4 is 28.6 Å². The van der Waals surface area contributed by atoms with Crippen LogP contribution in [0.1, 0.15) is 76.2 Å². The number of fused-ring (bicyclic) bond motifs is 6. The van der Waals surface area contributed by atoms with Crippen LogP contribution >= 0.6 is 0 Å². The van der Waals surface area contributed by atoms with Gasteiger partial charge in [-0.05, 0) is 80.9 Å². The number of hydrogen-bond donors (Lipinski definition) is 1. The molecule has 9 nitrogen and oxygen atoms in total. The molecule has 1 aromatic carbocycles. The third-order valence-corrected chi connectivity index (χ3v) is 13.5. The number of terminal acetylenes is 1. The molecule has 4 fully saturated rings. The lowest BCUT2D eigenvalue weighted by atomic mass is 9.47. The summed E-state index contributed by atoms with van der Waals surface area (Å²) in [5.74, 6) is 3.79. The van der Waals surface area contributed by atoms with Crippen LogP contribution in [0.15, 0.2) is 48.2 Å². The molecule has 0 bridgehead atoms. The highest BCUT2D eigenvalue weighted by molar-refractivity contribution is 5.97. The van der Waals surface area contributed by atoms with Crippen LogP contribution in [-0.4, -0.2) is 105 Å². The number of carbonyl (C=O) groups excluding carboxylic acids is 3. The van der Waals surface area contributed by atoms with Crippen molar-refractivity contribution in [1.29, 1.82) is 0 Å². The van der Waals surface area contributed by atoms with Gasteiger partial charge in [0.15, 0.2) is 0 Å². The van der Waals surface area contributed by atoms with Crippen molar-refractivity contribution in [2.75, 3.05) is 46.3 Å². The zero-order valence-electron chi connectivity index (χ0n) is 29.5. The Morgan fingerprint density at radius 3 is 2.49 bits per heavy atom. The van der Waals surface area contributed by atoms with Crippen molar-refractivity contribution in [2.24, 2.45) is 28.6 Å². The Morgan fingerprint density at radius 2 is 1.76 bits per heavy atom. The van der Waals surface area contributed by atoms with Gasteiger partial charge in [-0.3, -0.25) is 14.4 Å². The van der Waals surface area contributed by atoms with Gasteiger partial charge in [0.1, 0.15) is 17.8 Å². The van der Waals surface area contributed by atoms with Gasteiger partial charge in [0.05, 0.1) is 11.2 Å². The van der Waals surface area contributed by atoms with E-state index in [0.29, 0.717) is 62.6 Å². The Labute approximate surface area is 290 Å². The Morgan fingerprint density at radius 1 is 1.02 bits per heavy atom. The first kappa shape index (κ1) is 33.6. The molecule has 3 aliphatic carbocycles. The van der Waals surface area contributed by atoms with Gasteiger partial charge in [-0.15, -0.1) is 6.42 Å². The average molecular weight is 666 g/mol.